The molecule has 4 aromatic rings. The number of hydroxylamine groups is 1. The standard InChI is InChI=1S/C26H23ClN2O2.C10H25N3O/c1-2-17-8-11-20(12-9-17)31-26(30)29-15-14-21-22-16-19(27)10-13-23(22)28-24(21)25(29)18-6-4-3-5-7-18;1-4-7-13(10-6-11-14)9-5-8-12(2)3/h3-13,16,25,28H,2,14-15H2,1H3;11,14H,4-10H2,1-3H3. The summed E-state index contributed by atoms with van der Waals surface area (Å²) in [4.78, 5) is 23.2. The van der Waals surface area contributed by atoms with Crippen LogP contribution in [0.15, 0.2) is 72.8 Å². The minimum atomic E-state index is -0.347. The second-order valence-corrected chi connectivity index (χ2v) is 12.2. The summed E-state index contributed by atoms with van der Waals surface area (Å²) >= 11 is 6.26. The number of aromatic nitrogens is 1. The van der Waals surface area contributed by atoms with Crippen LogP contribution in [0.25, 0.3) is 10.9 Å². The quantitative estimate of drug-likeness (QED) is 0.144. The molecule has 0 fully saturated rings. The molecule has 9 heteroatoms. The molecule has 1 atom stereocenters. The molecule has 5 rings (SSSR count). The number of aryl methyl sites for hydroxylation is 1. The smallest absolute Gasteiger partial charge is 0.410 e. The summed E-state index contributed by atoms with van der Waals surface area (Å²) in [6.45, 7) is 9.81. The van der Waals surface area contributed by atoms with Crippen molar-refractivity contribution >= 4 is 28.6 Å². The molecule has 0 bridgehead atoms. The van der Waals surface area contributed by atoms with Crippen LogP contribution in [0.2, 0.25) is 5.02 Å². The van der Waals surface area contributed by atoms with Crippen LogP contribution in [0.5, 0.6) is 5.75 Å². The first kappa shape index (κ1) is 34.5. The molecule has 0 saturated heterocycles. The Kier molecular flexibility index (Phi) is 13.3. The van der Waals surface area contributed by atoms with E-state index in [1.807, 2.05) is 65.6 Å². The molecule has 45 heavy (non-hydrogen) atoms. The number of fused-ring (bicyclic) bond motifs is 3. The van der Waals surface area contributed by atoms with Gasteiger partial charge in [0.2, 0.25) is 0 Å². The molecule has 3 N–H and O–H groups in total. The maximum absolute atomic E-state index is 13.3. The van der Waals surface area contributed by atoms with Crippen LogP contribution in [0.3, 0.4) is 0 Å². The third-order valence-electron chi connectivity index (χ3n) is 8.13. The number of hydrogen-bond donors (Lipinski definition) is 3. The number of aromatic amines is 1. The van der Waals surface area contributed by atoms with Gasteiger partial charge in [0.25, 0.3) is 0 Å². The van der Waals surface area contributed by atoms with Crippen LogP contribution in [0, 0.1) is 0 Å². The van der Waals surface area contributed by atoms with E-state index in [9.17, 15) is 4.79 Å². The van der Waals surface area contributed by atoms with Gasteiger partial charge in [0.15, 0.2) is 0 Å². The van der Waals surface area contributed by atoms with E-state index in [-0.39, 0.29) is 12.1 Å². The third-order valence-corrected chi connectivity index (χ3v) is 8.37. The molecule has 0 aliphatic carbocycles. The van der Waals surface area contributed by atoms with E-state index in [1.54, 1.807) is 0 Å². The fourth-order valence-electron chi connectivity index (χ4n) is 5.86. The molecule has 1 aromatic heterocycles. The number of rotatable bonds is 12. The number of nitrogens with zero attached hydrogens (tertiary/aromatic N) is 3. The monoisotopic (exact) mass is 633 g/mol. The van der Waals surface area contributed by atoms with Gasteiger partial charge in [0, 0.05) is 41.3 Å². The summed E-state index contributed by atoms with van der Waals surface area (Å²) in [5, 5.41) is 10.3. The van der Waals surface area contributed by atoms with Crippen LogP contribution < -0.4 is 10.2 Å². The van der Waals surface area contributed by atoms with Crippen LogP contribution in [-0.2, 0) is 12.8 Å². The molecule has 8 nitrogen and oxygen atoms in total. The summed E-state index contributed by atoms with van der Waals surface area (Å²) in [7, 11) is 4.19. The van der Waals surface area contributed by atoms with E-state index in [0.29, 0.717) is 23.9 Å². The molecule has 0 spiro atoms. The molecule has 0 radical (unpaired) electrons. The third kappa shape index (κ3) is 9.55. The molecule has 1 aliphatic heterocycles. The van der Waals surface area contributed by atoms with Crippen molar-refractivity contribution < 1.29 is 14.7 Å². The van der Waals surface area contributed by atoms with Gasteiger partial charge in [-0.1, -0.05) is 67.9 Å². The number of ether oxygens (including phenoxy) is 1. The number of benzene rings is 3. The maximum atomic E-state index is 13.3. The zero-order valence-electron chi connectivity index (χ0n) is 27.1. The Morgan fingerprint density at radius 3 is 2.44 bits per heavy atom. The second-order valence-electron chi connectivity index (χ2n) is 11.7. The summed E-state index contributed by atoms with van der Waals surface area (Å²) < 4.78 is 5.77. The molecule has 1 amide bonds. The van der Waals surface area contributed by atoms with Crippen molar-refractivity contribution in [3.05, 3.63) is 100 Å². The van der Waals surface area contributed by atoms with Gasteiger partial charge in [-0.3, -0.25) is 4.90 Å². The molecule has 0 saturated carbocycles. The lowest BCUT2D eigenvalue weighted by molar-refractivity contribution is 0.135. The van der Waals surface area contributed by atoms with Gasteiger partial charge < -0.3 is 24.7 Å². The van der Waals surface area contributed by atoms with Crippen molar-refractivity contribution in [1.29, 1.82) is 0 Å². The number of nitrogens with one attached hydrogen (secondary N) is 2. The Labute approximate surface area is 272 Å². The van der Waals surface area contributed by atoms with Crippen molar-refractivity contribution in [2.45, 2.75) is 45.6 Å². The van der Waals surface area contributed by atoms with Crippen LogP contribution >= 0.6 is 11.6 Å². The van der Waals surface area contributed by atoms with Gasteiger partial charge in [-0.15, -0.1) is 0 Å². The predicted molar refractivity (Wildman–Crippen MR) is 184 cm³/mol. The number of carbonyl (C=O) groups is 1. The number of hydrogen-bond acceptors (Lipinski definition) is 6. The number of amides is 1. The van der Waals surface area contributed by atoms with Crippen molar-refractivity contribution in [1.82, 2.24) is 25.2 Å². The Balaban J connectivity index is 0.000000280. The normalized spacial score (nSPS) is 14.4. The average molecular weight is 634 g/mol. The minimum Gasteiger partial charge on any atom is -0.410 e. The highest BCUT2D eigenvalue weighted by molar-refractivity contribution is 6.31. The van der Waals surface area contributed by atoms with E-state index >= 15 is 0 Å². The summed E-state index contributed by atoms with van der Waals surface area (Å²) in [5.41, 5.74) is 7.71. The van der Waals surface area contributed by atoms with Crippen molar-refractivity contribution in [2.24, 2.45) is 0 Å². The number of halogens is 1. The zero-order valence-corrected chi connectivity index (χ0v) is 27.8. The van der Waals surface area contributed by atoms with Gasteiger partial charge in [-0.05, 0) is 106 Å². The largest absolute Gasteiger partial charge is 0.416 e. The van der Waals surface area contributed by atoms with Gasteiger partial charge in [0.1, 0.15) is 11.8 Å². The van der Waals surface area contributed by atoms with Gasteiger partial charge >= 0.3 is 6.09 Å². The Hall–Kier alpha value is -3.40. The molecule has 1 unspecified atom stereocenters. The molecule has 2 heterocycles. The predicted octanol–water partition coefficient (Wildman–Crippen LogP) is 7.16. The minimum absolute atomic E-state index is 0.251. The molecule has 1 aliphatic rings. The fourth-order valence-corrected chi connectivity index (χ4v) is 6.03. The Morgan fingerprint density at radius 2 is 1.78 bits per heavy atom. The van der Waals surface area contributed by atoms with Crippen LogP contribution in [-0.4, -0.2) is 84.3 Å². The Morgan fingerprint density at radius 1 is 1.02 bits per heavy atom. The number of carbonyl (C=O) groups excluding carboxylic acids is 1. The summed E-state index contributed by atoms with van der Waals surface area (Å²) in [6.07, 6.45) is 3.71. The topological polar surface area (TPSA) is 84.1 Å². The van der Waals surface area contributed by atoms with E-state index in [0.717, 1.165) is 61.2 Å². The molecule has 3 aromatic carbocycles. The first-order chi connectivity index (χ1) is 21.8. The fraction of sp³-hybridized carbons (Fsp3) is 0.417. The van der Waals surface area contributed by atoms with E-state index in [2.05, 4.69) is 60.3 Å². The van der Waals surface area contributed by atoms with Gasteiger partial charge in [-0.2, -0.15) is 0 Å². The first-order valence-electron chi connectivity index (χ1n) is 16.0. The molecule has 242 valence electrons. The lowest BCUT2D eigenvalue weighted by Gasteiger charge is -2.35. The van der Waals surface area contributed by atoms with E-state index in [4.69, 9.17) is 21.5 Å². The van der Waals surface area contributed by atoms with Crippen molar-refractivity contribution in [3.8, 4) is 5.75 Å². The summed E-state index contributed by atoms with van der Waals surface area (Å²) in [5.74, 6) is 0.559. The van der Waals surface area contributed by atoms with E-state index in [1.165, 1.54) is 24.0 Å². The van der Waals surface area contributed by atoms with Gasteiger partial charge in [-0.25, -0.2) is 10.3 Å². The zero-order chi connectivity index (χ0) is 32.2. The van der Waals surface area contributed by atoms with Crippen molar-refractivity contribution in [2.75, 3.05) is 53.4 Å². The highest BCUT2D eigenvalue weighted by atomic mass is 35.5. The lowest BCUT2D eigenvalue weighted by Crippen LogP contribution is -2.42. The lowest BCUT2D eigenvalue weighted by atomic mass is 9.93. The summed E-state index contributed by atoms with van der Waals surface area (Å²) in [6, 6.07) is 23.4. The maximum Gasteiger partial charge on any atom is 0.416 e. The highest BCUT2D eigenvalue weighted by Crippen LogP contribution is 2.39. The Bertz CT molecular complexity index is 1480. The highest BCUT2D eigenvalue weighted by Gasteiger charge is 2.35. The first-order valence-corrected chi connectivity index (χ1v) is 16.4. The molecular weight excluding hydrogens is 586 g/mol. The average Bonchev–Trinajstić information content (AvgIpc) is 3.42. The van der Waals surface area contributed by atoms with Gasteiger partial charge in [0.05, 0.1) is 0 Å². The second kappa shape index (κ2) is 17.3. The number of H-pyrrole nitrogens is 1. The van der Waals surface area contributed by atoms with Crippen LogP contribution in [0.1, 0.15) is 55.1 Å². The van der Waals surface area contributed by atoms with Crippen molar-refractivity contribution in [3.63, 3.8) is 0 Å². The SMILES string of the molecule is CCCN(CCCN(C)C)CCNO.CCc1ccc(OC(=O)N2CCc3c([nH]c4ccc(Cl)cc34)C2c2ccccc2)cc1. The van der Waals surface area contributed by atoms with E-state index < -0.39 is 0 Å². The molecular formula is C36H48ClN5O3. The van der Waals surface area contributed by atoms with Crippen LogP contribution in [0.4, 0.5) is 4.79 Å².